The fourth-order valence-electron chi connectivity index (χ4n) is 3.45. The monoisotopic (exact) mass is 356 g/mol. The van der Waals surface area contributed by atoms with Gasteiger partial charge in [0.05, 0.1) is 31.5 Å². The maximum atomic E-state index is 12.8. The SMILES string of the molecule is Cn1cc(C(=O)N2CCOc3ccc(CN4CCOCC4)cc3C2)cn1. The number of carbonyl (C=O) groups is 1. The summed E-state index contributed by atoms with van der Waals surface area (Å²) < 4.78 is 12.9. The number of benzene rings is 1. The number of fused-ring (bicyclic) bond motifs is 1. The van der Waals surface area contributed by atoms with Gasteiger partial charge in [-0.05, 0) is 17.7 Å². The average molecular weight is 356 g/mol. The summed E-state index contributed by atoms with van der Waals surface area (Å²) in [4.78, 5) is 17.0. The van der Waals surface area contributed by atoms with Crippen LogP contribution >= 0.6 is 0 Å². The van der Waals surface area contributed by atoms with Gasteiger partial charge in [-0.25, -0.2) is 0 Å². The zero-order chi connectivity index (χ0) is 17.9. The standard InChI is InChI=1S/C19H24N4O3/c1-21-13-17(11-20-21)19(24)23-6-9-26-18-3-2-15(10-16(18)14-23)12-22-4-7-25-8-5-22/h2-3,10-11,13H,4-9,12,14H2,1H3. The van der Waals surface area contributed by atoms with Crippen molar-refractivity contribution in [2.24, 2.45) is 7.05 Å². The first kappa shape index (κ1) is 17.1. The second-order valence-corrected chi connectivity index (χ2v) is 6.81. The van der Waals surface area contributed by atoms with Crippen LogP contribution in [0.3, 0.4) is 0 Å². The van der Waals surface area contributed by atoms with Crippen LogP contribution < -0.4 is 4.74 Å². The first-order valence-corrected chi connectivity index (χ1v) is 9.02. The Bertz CT molecular complexity index is 783. The molecule has 1 aromatic heterocycles. The molecule has 26 heavy (non-hydrogen) atoms. The van der Waals surface area contributed by atoms with Gasteiger partial charge >= 0.3 is 0 Å². The highest BCUT2D eigenvalue weighted by Crippen LogP contribution is 2.26. The number of ether oxygens (including phenoxy) is 2. The van der Waals surface area contributed by atoms with Gasteiger partial charge in [-0.15, -0.1) is 0 Å². The lowest BCUT2D eigenvalue weighted by atomic mass is 10.1. The molecule has 138 valence electrons. The molecule has 7 heteroatoms. The van der Waals surface area contributed by atoms with E-state index < -0.39 is 0 Å². The summed E-state index contributed by atoms with van der Waals surface area (Å²) in [6.07, 6.45) is 3.37. The Kier molecular flexibility index (Phi) is 4.90. The van der Waals surface area contributed by atoms with Crippen LogP contribution in [-0.4, -0.2) is 64.9 Å². The smallest absolute Gasteiger partial charge is 0.257 e. The average Bonchev–Trinajstić information content (AvgIpc) is 2.97. The predicted molar refractivity (Wildman–Crippen MR) is 96.0 cm³/mol. The summed E-state index contributed by atoms with van der Waals surface area (Å²) in [6.45, 7) is 6.03. The van der Waals surface area contributed by atoms with Crippen molar-refractivity contribution in [1.29, 1.82) is 0 Å². The second kappa shape index (κ2) is 7.47. The van der Waals surface area contributed by atoms with Gasteiger partial charge < -0.3 is 14.4 Å². The van der Waals surface area contributed by atoms with Crippen molar-refractivity contribution in [3.63, 3.8) is 0 Å². The third kappa shape index (κ3) is 3.73. The molecule has 0 aliphatic carbocycles. The van der Waals surface area contributed by atoms with Gasteiger partial charge in [0.25, 0.3) is 5.91 Å². The van der Waals surface area contributed by atoms with Gasteiger partial charge in [0, 0.05) is 45.0 Å². The topological polar surface area (TPSA) is 59.8 Å². The fraction of sp³-hybridized carbons (Fsp3) is 0.474. The Morgan fingerprint density at radius 3 is 2.81 bits per heavy atom. The van der Waals surface area contributed by atoms with Crippen molar-refractivity contribution in [2.75, 3.05) is 39.5 Å². The number of hydrogen-bond donors (Lipinski definition) is 0. The minimum absolute atomic E-state index is 0.00636. The predicted octanol–water partition coefficient (Wildman–Crippen LogP) is 1.29. The minimum Gasteiger partial charge on any atom is -0.491 e. The van der Waals surface area contributed by atoms with Gasteiger partial charge in [0.1, 0.15) is 12.4 Å². The molecule has 2 aliphatic heterocycles. The fourth-order valence-corrected chi connectivity index (χ4v) is 3.45. The molecule has 0 radical (unpaired) electrons. The molecule has 0 saturated carbocycles. The van der Waals surface area contributed by atoms with Crippen LogP contribution in [0.5, 0.6) is 5.75 Å². The first-order valence-electron chi connectivity index (χ1n) is 9.02. The molecule has 0 atom stereocenters. The number of amides is 1. The normalized spacial score (nSPS) is 18.1. The number of nitrogens with zero attached hydrogens (tertiary/aromatic N) is 4. The highest BCUT2D eigenvalue weighted by atomic mass is 16.5. The highest BCUT2D eigenvalue weighted by Gasteiger charge is 2.22. The maximum absolute atomic E-state index is 12.8. The zero-order valence-corrected chi connectivity index (χ0v) is 15.1. The number of carbonyl (C=O) groups excluding carboxylic acids is 1. The molecule has 0 N–H and O–H groups in total. The third-order valence-electron chi connectivity index (χ3n) is 4.85. The molecule has 1 fully saturated rings. The maximum Gasteiger partial charge on any atom is 0.257 e. The van der Waals surface area contributed by atoms with E-state index in [1.807, 2.05) is 18.0 Å². The van der Waals surface area contributed by atoms with E-state index in [9.17, 15) is 4.79 Å². The highest BCUT2D eigenvalue weighted by molar-refractivity contribution is 5.93. The molecule has 7 nitrogen and oxygen atoms in total. The summed E-state index contributed by atoms with van der Waals surface area (Å²) >= 11 is 0. The van der Waals surface area contributed by atoms with E-state index in [0.29, 0.717) is 25.3 Å². The summed E-state index contributed by atoms with van der Waals surface area (Å²) in [5.41, 5.74) is 2.91. The van der Waals surface area contributed by atoms with Gasteiger partial charge in [-0.1, -0.05) is 6.07 Å². The molecule has 1 amide bonds. The molecule has 3 heterocycles. The molecular weight excluding hydrogens is 332 g/mol. The lowest BCUT2D eigenvalue weighted by molar-refractivity contribution is 0.0341. The number of aryl methyl sites for hydroxylation is 1. The summed E-state index contributed by atoms with van der Waals surface area (Å²) in [6, 6.07) is 6.32. The Labute approximate surface area is 153 Å². The van der Waals surface area contributed by atoms with E-state index in [1.54, 1.807) is 17.1 Å². The van der Waals surface area contributed by atoms with Crippen LogP contribution in [0.4, 0.5) is 0 Å². The second-order valence-electron chi connectivity index (χ2n) is 6.81. The van der Waals surface area contributed by atoms with Crippen LogP contribution in [0.1, 0.15) is 21.5 Å². The molecule has 0 spiro atoms. The molecule has 0 unspecified atom stereocenters. The van der Waals surface area contributed by atoms with Crippen LogP contribution in [0.15, 0.2) is 30.6 Å². The number of hydrogen-bond acceptors (Lipinski definition) is 5. The lowest BCUT2D eigenvalue weighted by Gasteiger charge is -2.27. The summed E-state index contributed by atoms with van der Waals surface area (Å²) in [7, 11) is 1.82. The van der Waals surface area contributed by atoms with Crippen molar-refractivity contribution in [1.82, 2.24) is 19.6 Å². The summed E-state index contributed by atoms with van der Waals surface area (Å²) in [5.74, 6) is 0.866. The largest absolute Gasteiger partial charge is 0.491 e. The quantitative estimate of drug-likeness (QED) is 0.829. The van der Waals surface area contributed by atoms with Gasteiger partial charge in [0.2, 0.25) is 0 Å². The van der Waals surface area contributed by atoms with Gasteiger partial charge in [0.15, 0.2) is 0 Å². The van der Waals surface area contributed by atoms with E-state index in [4.69, 9.17) is 9.47 Å². The van der Waals surface area contributed by atoms with E-state index in [-0.39, 0.29) is 5.91 Å². The Morgan fingerprint density at radius 2 is 2.04 bits per heavy atom. The Morgan fingerprint density at radius 1 is 1.19 bits per heavy atom. The van der Waals surface area contributed by atoms with Crippen LogP contribution in [-0.2, 0) is 24.9 Å². The van der Waals surface area contributed by atoms with E-state index in [1.165, 1.54) is 5.56 Å². The molecule has 4 rings (SSSR count). The van der Waals surface area contributed by atoms with E-state index in [2.05, 4.69) is 22.1 Å². The van der Waals surface area contributed by atoms with Crippen molar-refractivity contribution in [3.8, 4) is 5.75 Å². The first-order chi connectivity index (χ1) is 12.7. The van der Waals surface area contributed by atoms with Gasteiger partial charge in [-0.3, -0.25) is 14.4 Å². The number of aromatic nitrogens is 2. The van der Waals surface area contributed by atoms with Crippen LogP contribution in [0.25, 0.3) is 0 Å². The number of morpholine rings is 1. The van der Waals surface area contributed by atoms with Crippen molar-refractivity contribution >= 4 is 5.91 Å². The molecule has 2 aliphatic rings. The molecular formula is C19H24N4O3. The number of rotatable bonds is 3. The van der Waals surface area contributed by atoms with Crippen molar-refractivity contribution in [3.05, 3.63) is 47.3 Å². The lowest BCUT2D eigenvalue weighted by Crippen LogP contribution is -2.35. The molecule has 0 bridgehead atoms. The summed E-state index contributed by atoms with van der Waals surface area (Å²) in [5, 5.41) is 4.10. The van der Waals surface area contributed by atoms with Crippen LogP contribution in [0.2, 0.25) is 0 Å². The van der Waals surface area contributed by atoms with Crippen molar-refractivity contribution < 1.29 is 14.3 Å². The third-order valence-corrected chi connectivity index (χ3v) is 4.85. The molecule has 1 aromatic carbocycles. The zero-order valence-electron chi connectivity index (χ0n) is 15.1. The van der Waals surface area contributed by atoms with E-state index in [0.717, 1.165) is 44.2 Å². The van der Waals surface area contributed by atoms with Crippen molar-refractivity contribution in [2.45, 2.75) is 13.1 Å². The van der Waals surface area contributed by atoms with Crippen LogP contribution in [0, 0.1) is 0 Å². The van der Waals surface area contributed by atoms with E-state index >= 15 is 0 Å². The Hall–Kier alpha value is -2.38. The van der Waals surface area contributed by atoms with Gasteiger partial charge in [-0.2, -0.15) is 5.10 Å². The molecule has 1 saturated heterocycles. The Balaban J connectivity index is 1.50. The molecule has 2 aromatic rings. The minimum atomic E-state index is -0.00636.